The van der Waals surface area contributed by atoms with E-state index in [1.165, 1.54) is 11.3 Å². The van der Waals surface area contributed by atoms with Gasteiger partial charge in [-0.05, 0) is 30.0 Å². The summed E-state index contributed by atoms with van der Waals surface area (Å²) in [6, 6.07) is 11.2. The number of Topliss-reactive ketones (excluding diaryl/α,β-unsaturated/α-hetero) is 1. The molecule has 2 heterocycles. The van der Waals surface area contributed by atoms with Crippen molar-refractivity contribution in [2.45, 2.75) is 19.8 Å². The Balaban J connectivity index is 1.49. The van der Waals surface area contributed by atoms with Gasteiger partial charge in [0.25, 0.3) is 5.91 Å². The number of hydrogen-bond donors (Lipinski definition) is 0. The van der Waals surface area contributed by atoms with Crippen molar-refractivity contribution in [1.82, 2.24) is 9.80 Å². The zero-order valence-corrected chi connectivity index (χ0v) is 15.6. The third-order valence-electron chi connectivity index (χ3n) is 4.66. The van der Waals surface area contributed by atoms with E-state index in [4.69, 9.17) is 0 Å². The summed E-state index contributed by atoms with van der Waals surface area (Å²) in [6.07, 6.45) is 0.462. The molecule has 0 unspecified atom stereocenters. The van der Waals surface area contributed by atoms with Crippen molar-refractivity contribution >= 4 is 28.9 Å². The van der Waals surface area contributed by atoms with Crippen LogP contribution in [0, 0.1) is 6.92 Å². The van der Waals surface area contributed by atoms with Crippen molar-refractivity contribution in [3.63, 3.8) is 0 Å². The zero-order chi connectivity index (χ0) is 18.5. The van der Waals surface area contributed by atoms with Crippen molar-refractivity contribution in [1.29, 1.82) is 0 Å². The molecule has 0 N–H and O–H groups in total. The van der Waals surface area contributed by atoms with Gasteiger partial charge in [0, 0.05) is 44.6 Å². The Hall–Kier alpha value is -2.47. The maximum Gasteiger partial charge on any atom is 0.254 e. The summed E-state index contributed by atoms with van der Waals surface area (Å²) in [5.74, 6) is 0.0164. The van der Waals surface area contributed by atoms with E-state index in [2.05, 4.69) is 0 Å². The average molecular weight is 370 g/mol. The van der Waals surface area contributed by atoms with Crippen LogP contribution in [-0.4, -0.2) is 53.6 Å². The highest BCUT2D eigenvalue weighted by Crippen LogP contribution is 2.15. The fourth-order valence-corrected chi connectivity index (χ4v) is 3.78. The predicted octanol–water partition coefficient (Wildman–Crippen LogP) is 3.00. The third kappa shape index (κ3) is 4.19. The molecule has 0 spiro atoms. The van der Waals surface area contributed by atoms with E-state index >= 15 is 0 Å². The number of nitrogens with zero attached hydrogens (tertiary/aromatic N) is 2. The van der Waals surface area contributed by atoms with Crippen molar-refractivity contribution in [2.24, 2.45) is 0 Å². The average Bonchev–Trinajstić information content (AvgIpc) is 3.21. The van der Waals surface area contributed by atoms with Gasteiger partial charge in [-0.15, -0.1) is 11.3 Å². The quantitative estimate of drug-likeness (QED) is 0.760. The molecule has 1 fully saturated rings. The second kappa shape index (κ2) is 8.27. The Bertz CT molecular complexity index is 793. The number of aryl methyl sites for hydroxylation is 1. The fraction of sp³-hybridized carbons (Fsp3) is 0.350. The molecular weight excluding hydrogens is 348 g/mol. The van der Waals surface area contributed by atoms with Gasteiger partial charge in [0.15, 0.2) is 5.78 Å². The lowest BCUT2D eigenvalue weighted by atomic mass is 10.1. The predicted molar refractivity (Wildman–Crippen MR) is 102 cm³/mol. The molecule has 0 aliphatic carbocycles. The van der Waals surface area contributed by atoms with Crippen LogP contribution in [0.4, 0.5) is 0 Å². The first-order valence-corrected chi connectivity index (χ1v) is 9.63. The summed E-state index contributed by atoms with van der Waals surface area (Å²) >= 11 is 1.40. The smallest absolute Gasteiger partial charge is 0.254 e. The third-order valence-corrected chi connectivity index (χ3v) is 5.57. The minimum Gasteiger partial charge on any atom is -0.339 e. The molecular formula is C20H22N2O3S. The van der Waals surface area contributed by atoms with Crippen LogP contribution in [0.5, 0.6) is 0 Å². The van der Waals surface area contributed by atoms with E-state index in [0.717, 1.165) is 5.56 Å². The van der Waals surface area contributed by atoms with Crippen LogP contribution in [0.2, 0.25) is 0 Å². The second-order valence-electron chi connectivity index (χ2n) is 6.39. The van der Waals surface area contributed by atoms with Crippen LogP contribution >= 0.6 is 11.3 Å². The van der Waals surface area contributed by atoms with Gasteiger partial charge in [-0.2, -0.15) is 0 Å². The number of rotatable bonds is 5. The molecule has 0 bridgehead atoms. The molecule has 136 valence electrons. The summed E-state index contributed by atoms with van der Waals surface area (Å²) in [6.45, 7) is 4.01. The van der Waals surface area contributed by atoms with Crippen LogP contribution in [-0.2, 0) is 4.79 Å². The first kappa shape index (κ1) is 18.3. The summed E-state index contributed by atoms with van der Waals surface area (Å²) in [4.78, 5) is 41.2. The fourth-order valence-electron chi connectivity index (χ4n) is 3.08. The molecule has 1 saturated heterocycles. The van der Waals surface area contributed by atoms with Gasteiger partial charge < -0.3 is 9.80 Å². The summed E-state index contributed by atoms with van der Waals surface area (Å²) in [5, 5.41) is 1.86. The van der Waals surface area contributed by atoms with Gasteiger partial charge in [0.1, 0.15) is 0 Å². The van der Waals surface area contributed by atoms with Crippen LogP contribution < -0.4 is 0 Å². The SMILES string of the molecule is Cc1ccccc1C(=O)N1CCN(C(=O)CCC(=O)c2cccs2)CC1. The number of benzene rings is 1. The number of carbonyl (C=O) groups is 3. The highest BCUT2D eigenvalue weighted by molar-refractivity contribution is 7.12. The van der Waals surface area contributed by atoms with Gasteiger partial charge in [0.2, 0.25) is 5.91 Å². The van der Waals surface area contributed by atoms with Gasteiger partial charge in [-0.3, -0.25) is 14.4 Å². The summed E-state index contributed by atoms with van der Waals surface area (Å²) in [5.41, 5.74) is 1.68. The van der Waals surface area contributed by atoms with Crippen molar-refractivity contribution in [2.75, 3.05) is 26.2 Å². The number of hydrogen-bond acceptors (Lipinski definition) is 4. The molecule has 1 aromatic carbocycles. The van der Waals surface area contributed by atoms with Gasteiger partial charge in [-0.1, -0.05) is 24.3 Å². The number of piperazine rings is 1. The van der Waals surface area contributed by atoms with Gasteiger partial charge in [0.05, 0.1) is 4.88 Å². The van der Waals surface area contributed by atoms with E-state index in [0.29, 0.717) is 36.6 Å². The lowest BCUT2D eigenvalue weighted by molar-refractivity contribution is -0.132. The van der Waals surface area contributed by atoms with Gasteiger partial charge >= 0.3 is 0 Å². The van der Waals surface area contributed by atoms with E-state index in [1.54, 1.807) is 15.9 Å². The topological polar surface area (TPSA) is 57.7 Å². The van der Waals surface area contributed by atoms with Crippen LogP contribution in [0.25, 0.3) is 0 Å². The first-order chi connectivity index (χ1) is 12.6. The lowest BCUT2D eigenvalue weighted by Gasteiger charge is -2.35. The molecule has 2 aromatic rings. The van der Waals surface area contributed by atoms with Crippen molar-refractivity contribution < 1.29 is 14.4 Å². The Morgan fingerprint density at radius 2 is 1.62 bits per heavy atom. The Labute approximate surface area is 157 Å². The molecule has 3 rings (SSSR count). The van der Waals surface area contributed by atoms with Crippen LogP contribution in [0.15, 0.2) is 41.8 Å². The number of ketones is 1. The molecule has 2 amide bonds. The van der Waals surface area contributed by atoms with Crippen LogP contribution in [0.3, 0.4) is 0 Å². The minimum atomic E-state index is -0.0158. The Kier molecular flexibility index (Phi) is 5.83. The largest absolute Gasteiger partial charge is 0.339 e. The maximum atomic E-state index is 12.6. The molecule has 0 radical (unpaired) electrons. The zero-order valence-electron chi connectivity index (χ0n) is 14.8. The molecule has 5 nitrogen and oxygen atoms in total. The van der Waals surface area contributed by atoms with Gasteiger partial charge in [-0.25, -0.2) is 0 Å². The highest BCUT2D eigenvalue weighted by atomic mass is 32.1. The maximum absolute atomic E-state index is 12.6. The number of carbonyl (C=O) groups excluding carboxylic acids is 3. The van der Waals surface area contributed by atoms with E-state index in [1.807, 2.05) is 42.6 Å². The molecule has 1 aromatic heterocycles. The molecule has 6 heteroatoms. The normalized spacial score (nSPS) is 14.3. The standard InChI is InChI=1S/C20H22N2O3S/c1-15-5-2-3-6-16(15)20(25)22-12-10-21(11-13-22)19(24)9-8-17(23)18-7-4-14-26-18/h2-7,14H,8-13H2,1H3. The highest BCUT2D eigenvalue weighted by Gasteiger charge is 2.25. The molecule has 1 aliphatic heterocycles. The van der Waals surface area contributed by atoms with Crippen LogP contribution in [0.1, 0.15) is 38.4 Å². The summed E-state index contributed by atoms with van der Waals surface area (Å²) < 4.78 is 0. The Morgan fingerprint density at radius 1 is 0.923 bits per heavy atom. The molecule has 0 saturated carbocycles. The monoisotopic (exact) mass is 370 g/mol. The van der Waals surface area contributed by atoms with Crippen molar-refractivity contribution in [3.05, 3.63) is 57.8 Å². The van der Waals surface area contributed by atoms with E-state index in [-0.39, 0.29) is 30.4 Å². The van der Waals surface area contributed by atoms with E-state index in [9.17, 15) is 14.4 Å². The van der Waals surface area contributed by atoms with Crippen molar-refractivity contribution in [3.8, 4) is 0 Å². The molecule has 1 aliphatic rings. The first-order valence-electron chi connectivity index (χ1n) is 8.75. The Morgan fingerprint density at radius 3 is 2.27 bits per heavy atom. The van der Waals surface area contributed by atoms with E-state index < -0.39 is 0 Å². The number of amides is 2. The minimum absolute atomic E-state index is 0.0155. The second-order valence-corrected chi connectivity index (χ2v) is 7.34. The lowest BCUT2D eigenvalue weighted by Crippen LogP contribution is -2.50. The number of thiophene rings is 1. The molecule has 0 atom stereocenters. The summed E-state index contributed by atoms with van der Waals surface area (Å²) in [7, 11) is 0. The molecule has 26 heavy (non-hydrogen) atoms.